The molecule has 3 rings (SSSR count). The SMILES string of the molecule is CCc1cc2cc(C)ccc2nc1SCC(=O)Nc1ccccc1. The molecule has 2 aromatic carbocycles. The maximum atomic E-state index is 12.1. The maximum absolute atomic E-state index is 12.1. The minimum absolute atomic E-state index is 0.0148. The van der Waals surface area contributed by atoms with Crippen LogP contribution in [0.3, 0.4) is 0 Å². The van der Waals surface area contributed by atoms with Gasteiger partial charge in [-0.1, -0.05) is 48.5 Å². The number of anilines is 1. The number of carbonyl (C=O) groups excluding carboxylic acids is 1. The number of pyridine rings is 1. The number of carbonyl (C=O) groups is 1. The summed E-state index contributed by atoms with van der Waals surface area (Å²) in [4.78, 5) is 16.9. The largest absolute Gasteiger partial charge is 0.325 e. The molecule has 3 nitrogen and oxygen atoms in total. The van der Waals surface area contributed by atoms with E-state index >= 15 is 0 Å². The number of aryl methyl sites for hydroxylation is 2. The van der Waals surface area contributed by atoms with E-state index in [2.05, 4.69) is 37.4 Å². The highest BCUT2D eigenvalue weighted by molar-refractivity contribution is 8.00. The molecule has 0 saturated heterocycles. The molecule has 0 unspecified atom stereocenters. The zero-order valence-corrected chi connectivity index (χ0v) is 14.7. The second kappa shape index (κ2) is 7.49. The minimum atomic E-state index is -0.0148. The van der Waals surface area contributed by atoms with Gasteiger partial charge in [0.2, 0.25) is 5.91 Å². The van der Waals surface area contributed by atoms with E-state index in [1.54, 1.807) is 0 Å². The smallest absolute Gasteiger partial charge is 0.234 e. The van der Waals surface area contributed by atoms with Crippen LogP contribution in [-0.2, 0) is 11.2 Å². The number of para-hydroxylation sites is 1. The van der Waals surface area contributed by atoms with E-state index in [-0.39, 0.29) is 5.91 Å². The van der Waals surface area contributed by atoms with Gasteiger partial charge in [0.1, 0.15) is 5.03 Å². The minimum Gasteiger partial charge on any atom is -0.325 e. The lowest BCUT2D eigenvalue weighted by Gasteiger charge is -2.10. The van der Waals surface area contributed by atoms with E-state index in [9.17, 15) is 4.79 Å². The van der Waals surface area contributed by atoms with Gasteiger partial charge < -0.3 is 5.32 Å². The molecule has 4 heteroatoms. The van der Waals surface area contributed by atoms with Crippen LogP contribution in [0.5, 0.6) is 0 Å². The molecule has 0 aliphatic heterocycles. The average Bonchev–Trinajstić information content (AvgIpc) is 2.60. The number of fused-ring (bicyclic) bond motifs is 1. The van der Waals surface area contributed by atoms with Crippen LogP contribution in [0, 0.1) is 6.92 Å². The van der Waals surface area contributed by atoms with Crippen molar-refractivity contribution in [1.82, 2.24) is 4.98 Å². The fourth-order valence-electron chi connectivity index (χ4n) is 2.55. The number of nitrogens with zero attached hydrogens (tertiary/aromatic N) is 1. The fraction of sp³-hybridized carbons (Fsp3) is 0.200. The number of hydrogen-bond donors (Lipinski definition) is 1. The number of nitrogens with one attached hydrogen (secondary N) is 1. The maximum Gasteiger partial charge on any atom is 0.234 e. The van der Waals surface area contributed by atoms with Crippen LogP contribution in [0.4, 0.5) is 5.69 Å². The molecular formula is C20H20N2OS. The van der Waals surface area contributed by atoms with Crippen molar-refractivity contribution in [3.8, 4) is 0 Å². The zero-order valence-electron chi connectivity index (χ0n) is 13.9. The Kier molecular flexibility index (Phi) is 5.16. The first-order valence-corrected chi connectivity index (χ1v) is 9.02. The van der Waals surface area contributed by atoms with Crippen molar-refractivity contribution in [1.29, 1.82) is 0 Å². The van der Waals surface area contributed by atoms with Crippen molar-refractivity contribution in [3.63, 3.8) is 0 Å². The molecule has 24 heavy (non-hydrogen) atoms. The Bertz CT molecular complexity index is 862. The monoisotopic (exact) mass is 336 g/mol. The third-order valence-corrected chi connectivity index (χ3v) is 4.82. The van der Waals surface area contributed by atoms with E-state index in [1.165, 1.54) is 22.9 Å². The van der Waals surface area contributed by atoms with Gasteiger partial charge in [0.15, 0.2) is 0 Å². The Morgan fingerprint density at radius 2 is 1.92 bits per heavy atom. The van der Waals surface area contributed by atoms with E-state index < -0.39 is 0 Å². The highest BCUT2D eigenvalue weighted by Gasteiger charge is 2.10. The average molecular weight is 336 g/mol. The summed E-state index contributed by atoms with van der Waals surface area (Å²) in [5, 5.41) is 5.01. The summed E-state index contributed by atoms with van der Waals surface area (Å²) in [6.45, 7) is 4.20. The van der Waals surface area contributed by atoms with Gasteiger partial charge in [0, 0.05) is 11.1 Å². The lowest BCUT2D eigenvalue weighted by atomic mass is 10.1. The Morgan fingerprint density at radius 1 is 1.12 bits per heavy atom. The van der Waals surface area contributed by atoms with Gasteiger partial charge in [0.25, 0.3) is 0 Å². The third kappa shape index (κ3) is 3.95. The van der Waals surface area contributed by atoms with Crippen molar-refractivity contribution in [3.05, 3.63) is 65.7 Å². The van der Waals surface area contributed by atoms with Crippen LogP contribution in [0.2, 0.25) is 0 Å². The molecule has 122 valence electrons. The summed E-state index contributed by atoms with van der Waals surface area (Å²) in [5.74, 6) is 0.339. The molecule has 1 N–H and O–H groups in total. The molecule has 1 amide bonds. The molecule has 0 saturated carbocycles. The van der Waals surface area contributed by atoms with Gasteiger partial charge in [0.05, 0.1) is 11.3 Å². The number of thioether (sulfide) groups is 1. The molecule has 0 spiro atoms. The van der Waals surface area contributed by atoms with E-state index in [0.29, 0.717) is 5.75 Å². The van der Waals surface area contributed by atoms with Gasteiger partial charge in [-0.2, -0.15) is 0 Å². The van der Waals surface area contributed by atoms with Crippen molar-refractivity contribution in [2.45, 2.75) is 25.3 Å². The van der Waals surface area contributed by atoms with Crippen molar-refractivity contribution < 1.29 is 4.79 Å². The Labute approximate surface area is 146 Å². The van der Waals surface area contributed by atoms with Crippen molar-refractivity contribution >= 4 is 34.3 Å². The number of rotatable bonds is 5. The molecule has 0 aliphatic carbocycles. The van der Waals surface area contributed by atoms with Crippen LogP contribution in [-0.4, -0.2) is 16.6 Å². The quantitative estimate of drug-likeness (QED) is 0.678. The topological polar surface area (TPSA) is 42.0 Å². The molecule has 0 fully saturated rings. The van der Waals surface area contributed by atoms with Crippen LogP contribution < -0.4 is 5.32 Å². The summed E-state index contributed by atoms with van der Waals surface area (Å²) < 4.78 is 0. The van der Waals surface area contributed by atoms with E-state index in [4.69, 9.17) is 4.98 Å². The normalized spacial score (nSPS) is 10.8. The second-order valence-corrected chi connectivity index (χ2v) is 6.67. The Hall–Kier alpha value is -2.33. The van der Waals surface area contributed by atoms with Crippen LogP contribution in [0.25, 0.3) is 10.9 Å². The van der Waals surface area contributed by atoms with Gasteiger partial charge in [-0.05, 0) is 49.2 Å². The van der Waals surface area contributed by atoms with Gasteiger partial charge in [-0.25, -0.2) is 4.98 Å². The highest BCUT2D eigenvalue weighted by Crippen LogP contribution is 2.26. The van der Waals surface area contributed by atoms with E-state index in [1.807, 2.05) is 36.4 Å². The molecule has 0 aliphatic rings. The molecule has 0 radical (unpaired) electrons. The highest BCUT2D eigenvalue weighted by atomic mass is 32.2. The molecule has 1 aromatic heterocycles. The standard InChI is InChI=1S/C20H20N2OS/c1-3-15-12-16-11-14(2)9-10-18(16)22-20(15)24-13-19(23)21-17-7-5-4-6-8-17/h4-12H,3,13H2,1-2H3,(H,21,23). The summed E-state index contributed by atoms with van der Waals surface area (Å²) in [7, 11) is 0. The Morgan fingerprint density at radius 3 is 2.67 bits per heavy atom. The van der Waals surface area contributed by atoms with E-state index in [0.717, 1.165) is 28.0 Å². The van der Waals surface area contributed by atoms with Gasteiger partial charge in [-0.15, -0.1) is 0 Å². The number of amides is 1. The van der Waals surface area contributed by atoms with Crippen LogP contribution >= 0.6 is 11.8 Å². The number of aromatic nitrogens is 1. The first kappa shape index (κ1) is 16.5. The first-order valence-electron chi connectivity index (χ1n) is 8.03. The second-order valence-electron chi connectivity index (χ2n) is 5.71. The predicted molar refractivity (Wildman–Crippen MR) is 102 cm³/mol. The predicted octanol–water partition coefficient (Wildman–Crippen LogP) is 4.84. The molecular weight excluding hydrogens is 316 g/mol. The summed E-state index contributed by atoms with van der Waals surface area (Å²) in [6.07, 6.45) is 0.902. The molecule has 0 bridgehead atoms. The molecule has 3 aromatic rings. The van der Waals surface area contributed by atoms with Gasteiger partial charge in [-0.3, -0.25) is 4.79 Å². The lowest BCUT2D eigenvalue weighted by molar-refractivity contribution is -0.113. The van der Waals surface area contributed by atoms with Crippen molar-refractivity contribution in [2.75, 3.05) is 11.1 Å². The number of benzene rings is 2. The summed E-state index contributed by atoms with van der Waals surface area (Å²) in [6, 6.07) is 18.0. The van der Waals surface area contributed by atoms with Crippen LogP contribution in [0.15, 0.2) is 59.6 Å². The summed E-state index contributed by atoms with van der Waals surface area (Å²) in [5.41, 5.74) is 4.21. The zero-order chi connectivity index (χ0) is 16.9. The van der Waals surface area contributed by atoms with Gasteiger partial charge >= 0.3 is 0 Å². The molecule has 1 heterocycles. The van der Waals surface area contributed by atoms with Crippen molar-refractivity contribution in [2.24, 2.45) is 0 Å². The summed E-state index contributed by atoms with van der Waals surface area (Å²) >= 11 is 1.49. The fourth-order valence-corrected chi connectivity index (χ4v) is 3.44. The lowest BCUT2D eigenvalue weighted by Crippen LogP contribution is -2.14. The van der Waals surface area contributed by atoms with Crippen LogP contribution in [0.1, 0.15) is 18.1 Å². The first-order chi connectivity index (χ1) is 11.7. The third-order valence-electron chi connectivity index (χ3n) is 3.79. The molecule has 0 atom stereocenters. The number of hydrogen-bond acceptors (Lipinski definition) is 3. The Balaban J connectivity index is 1.74.